The van der Waals surface area contributed by atoms with E-state index >= 15 is 0 Å². The van der Waals surface area contributed by atoms with Gasteiger partial charge in [0.2, 0.25) is 0 Å². The van der Waals surface area contributed by atoms with Crippen molar-refractivity contribution < 1.29 is 18.3 Å². The Bertz CT molecular complexity index is 312. The van der Waals surface area contributed by atoms with Gasteiger partial charge in [-0.15, -0.1) is 0 Å². The molecule has 1 saturated heterocycles. The molecule has 1 aliphatic carbocycles. The molecule has 0 aromatic carbocycles. The van der Waals surface area contributed by atoms with Crippen LogP contribution < -0.4 is 0 Å². The predicted molar refractivity (Wildman–Crippen MR) is 54.4 cm³/mol. The summed E-state index contributed by atoms with van der Waals surface area (Å²) in [6, 6.07) is -0.920. The molecular formula is C11H17F2NO2. The van der Waals surface area contributed by atoms with E-state index in [4.69, 9.17) is 4.74 Å². The number of halogens is 2. The third-order valence-electron chi connectivity index (χ3n) is 3.04. The van der Waals surface area contributed by atoms with E-state index in [1.807, 2.05) is 0 Å². The van der Waals surface area contributed by atoms with Gasteiger partial charge in [-0.05, 0) is 33.6 Å². The average Bonchev–Trinajstić information content (AvgIpc) is 2.67. The van der Waals surface area contributed by atoms with Gasteiger partial charge in [-0.2, -0.15) is 0 Å². The lowest BCUT2D eigenvalue weighted by Gasteiger charge is -2.29. The molecule has 1 aliphatic heterocycles. The molecule has 0 radical (unpaired) electrons. The molecule has 1 amide bonds. The molecule has 2 fully saturated rings. The molecule has 0 aromatic rings. The molecule has 0 N–H and O–H groups in total. The third-order valence-corrected chi connectivity index (χ3v) is 3.04. The number of nitrogens with zero attached hydrogens (tertiary/aromatic N) is 1. The summed E-state index contributed by atoms with van der Waals surface area (Å²) in [5, 5.41) is 0. The molecule has 0 spiro atoms. The molecule has 16 heavy (non-hydrogen) atoms. The predicted octanol–water partition coefficient (Wildman–Crippen LogP) is 2.65. The number of carbonyl (C=O) groups excluding carboxylic acids is 1. The van der Waals surface area contributed by atoms with Crippen molar-refractivity contribution in [2.75, 3.05) is 6.54 Å². The normalized spacial score (nSPS) is 31.9. The van der Waals surface area contributed by atoms with Gasteiger partial charge in [0, 0.05) is 6.54 Å². The highest BCUT2D eigenvalue weighted by atomic mass is 19.3. The second-order valence-electron chi connectivity index (χ2n) is 5.54. The fourth-order valence-electron chi connectivity index (χ4n) is 2.29. The summed E-state index contributed by atoms with van der Waals surface area (Å²) in [6.45, 7) is 5.58. The van der Waals surface area contributed by atoms with Gasteiger partial charge in [-0.1, -0.05) is 0 Å². The van der Waals surface area contributed by atoms with Crippen LogP contribution in [0.2, 0.25) is 0 Å². The molecule has 2 unspecified atom stereocenters. The fraction of sp³-hybridized carbons (Fsp3) is 0.909. The summed E-state index contributed by atoms with van der Waals surface area (Å²) in [6.07, 6.45) is 0.534. The van der Waals surface area contributed by atoms with E-state index in [1.54, 1.807) is 20.8 Å². The largest absolute Gasteiger partial charge is 0.444 e. The highest BCUT2D eigenvalue weighted by Crippen LogP contribution is 2.56. The number of alkyl halides is 2. The first-order valence-electron chi connectivity index (χ1n) is 5.61. The zero-order valence-corrected chi connectivity index (χ0v) is 9.80. The van der Waals surface area contributed by atoms with Gasteiger partial charge in [-0.25, -0.2) is 13.6 Å². The molecule has 0 aromatic heterocycles. The Kier molecular flexibility index (Phi) is 2.40. The van der Waals surface area contributed by atoms with Crippen molar-refractivity contribution in [3.8, 4) is 0 Å². The maximum atomic E-state index is 13.3. The van der Waals surface area contributed by atoms with Crippen molar-refractivity contribution >= 4 is 6.09 Å². The lowest BCUT2D eigenvalue weighted by Crippen LogP contribution is -2.42. The topological polar surface area (TPSA) is 29.5 Å². The minimum Gasteiger partial charge on any atom is -0.444 e. The monoisotopic (exact) mass is 233 g/mol. The van der Waals surface area contributed by atoms with Gasteiger partial charge in [0.05, 0.1) is 5.92 Å². The van der Waals surface area contributed by atoms with Crippen LogP contribution in [0.1, 0.15) is 33.6 Å². The fourth-order valence-corrected chi connectivity index (χ4v) is 2.29. The van der Waals surface area contributed by atoms with Crippen LogP contribution in [0.5, 0.6) is 0 Å². The highest BCUT2D eigenvalue weighted by Gasteiger charge is 2.72. The van der Waals surface area contributed by atoms with Crippen LogP contribution in [0.3, 0.4) is 0 Å². The molecule has 5 heteroatoms. The minimum atomic E-state index is -2.70. The number of ether oxygens (including phenoxy) is 1. The summed E-state index contributed by atoms with van der Waals surface area (Å²) in [7, 11) is 0. The summed E-state index contributed by atoms with van der Waals surface area (Å²) in [5.74, 6) is -3.35. The molecule has 1 saturated carbocycles. The maximum absolute atomic E-state index is 13.3. The van der Waals surface area contributed by atoms with E-state index in [0.29, 0.717) is 19.4 Å². The standard InChI is InChI=1S/C11H17F2NO2/c1-10(2,3)16-9(15)14-6-4-5-7-8(14)11(7,12)13/h7-8H,4-6H2,1-3H3. The van der Waals surface area contributed by atoms with Crippen LogP contribution in [-0.2, 0) is 4.74 Å². The second-order valence-corrected chi connectivity index (χ2v) is 5.54. The number of likely N-dealkylation sites (tertiary alicyclic amines) is 1. The number of piperidine rings is 1. The Morgan fingerprint density at radius 3 is 2.62 bits per heavy atom. The van der Waals surface area contributed by atoms with Crippen LogP contribution in [-0.4, -0.2) is 35.1 Å². The Morgan fingerprint density at radius 1 is 1.44 bits per heavy atom. The lowest BCUT2D eigenvalue weighted by atomic mass is 10.1. The average molecular weight is 233 g/mol. The number of carbonyl (C=O) groups is 1. The molecule has 2 atom stereocenters. The third kappa shape index (κ3) is 1.87. The summed E-state index contributed by atoms with van der Waals surface area (Å²) in [4.78, 5) is 12.9. The Morgan fingerprint density at radius 2 is 2.06 bits per heavy atom. The van der Waals surface area contributed by atoms with Crippen molar-refractivity contribution in [1.82, 2.24) is 4.90 Å². The molecule has 3 nitrogen and oxygen atoms in total. The van der Waals surface area contributed by atoms with Crippen LogP contribution >= 0.6 is 0 Å². The van der Waals surface area contributed by atoms with Gasteiger partial charge in [0.15, 0.2) is 0 Å². The Hall–Kier alpha value is -0.870. The number of hydrogen-bond acceptors (Lipinski definition) is 2. The molecule has 92 valence electrons. The minimum absolute atomic E-state index is 0.381. The van der Waals surface area contributed by atoms with E-state index in [1.165, 1.54) is 4.90 Å². The van der Waals surface area contributed by atoms with Gasteiger partial charge < -0.3 is 4.74 Å². The summed E-state index contributed by atoms with van der Waals surface area (Å²) >= 11 is 0. The number of rotatable bonds is 0. The Labute approximate surface area is 93.7 Å². The smallest absolute Gasteiger partial charge is 0.410 e. The van der Waals surface area contributed by atoms with Crippen molar-refractivity contribution in [2.45, 2.75) is 51.2 Å². The zero-order valence-electron chi connectivity index (χ0n) is 9.80. The van der Waals surface area contributed by atoms with Crippen molar-refractivity contribution in [2.24, 2.45) is 5.92 Å². The van der Waals surface area contributed by atoms with Gasteiger partial charge in [0.1, 0.15) is 11.6 Å². The highest BCUT2D eigenvalue weighted by molar-refractivity contribution is 5.69. The first-order chi connectivity index (χ1) is 7.23. The quantitative estimate of drug-likeness (QED) is 0.643. The van der Waals surface area contributed by atoms with Gasteiger partial charge in [-0.3, -0.25) is 4.90 Å². The van der Waals surface area contributed by atoms with E-state index in [2.05, 4.69) is 0 Å². The number of amides is 1. The van der Waals surface area contributed by atoms with Crippen molar-refractivity contribution in [3.05, 3.63) is 0 Å². The van der Waals surface area contributed by atoms with E-state index in [9.17, 15) is 13.6 Å². The lowest BCUT2D eigenvalue weighted by molar-refractivity contribution is 0.00954. The first kappa shape index (κ1) is 11.6. The second kappa shape index (κ2) is 3.31. The molecule has 2 aliphatic rings. The van der Waals surface area contributed by atoms with Gasteiger partial charge >= 0.3 is 6.09 Å². The molecular weight excluding hydrogens is 216 g/mol. The molecule has 2 rings (SSSR count). The molecule has 1 heterocycles. The van der Waals surface area contributed by atoms with Crippen LogP contribution in [0.4, 0.5) is 13.6 Å². The first-order valence-corrected chi connectivity index (χ1v) is 5.61. The van der Waals surface area contributed by atoms with Crippen LogP contribution in [0.15, 0.2) is 0 Å². The van der Waals surface area contributed by atoms with E-state index < -0.39 is 29.6 Å². The number of fused-ring (bicyclic) bond motifs is 1. The van der Waals surface area contributed by atoms with E-state index in [-0.39, 0.29) is 0 Å². The van der Waals surface area contributed by atoms with Gasteiger partial charge in [0.25, 0.3) is 5.92 Å². The number of hydrogen-bond donors (Lipinski definition) is 0. The van der Waals surface area contributed by atoms with Crippen LogP contribution in [0, 0.1) is 5.92 Å². The molecule has 0 bridgehead atoms. The Balaban J connectivity index is 2.02. The maximum Gasteiger partial charge on any atom is 0.410 e. The van der Waals surface area contributed by atoms with Crippen molar-refractivity contribution in [3.63, 3.8) is 0 Å². The SMILES string of the molecule is CC(C)(C)OC(=O)N1CCCC2C1C2(F)F. The van der Waals surface area contributed by atoms with Crippen molar-refractivity contribution in [1.29, 1.82) is 0 Å². The summed E-state index contributed by atoms with van der Waals surface area (Å²) < 4.78 is 31.7. The zero-order chi connectivity index (χ0) is 12.1. The van der Waals surface area contributed by atoms with Crippen LogP contribution in [0.25, 0.3) is 0 Å². The summed E-state index contributed by atoms with van der Waals surface area (Å²) in [5.41, 5.74) is -0.631. The van der Waals surface area contributed by atoms with E-state index in [0.717, 1.165) is 0 Å².